The highest BCUT2D eigenvalue weighted by atomic mass is 35.5. The van der Waals surface area contributed by atoms with E-state index in [1.165, 1.54) is 36.5 Å². The third-order valence-electron chi connectivity index (χ3n) is 5.63. The molecule has 0 fully saturated rings. The highest BCUT2D eigenvalue weighted by Crippen LogP contribution is 2.37. The summed E-state index contributed by atoms with van der Waals surface area (Å²) < 4.78 is 27.3. The van der Waals surface area contributed by atoms with Crippen molar-refractivity contribution in [2.45, 2.75) is 6.04 Å². The van der Waals surface area contributed by atoms with Gasteiger partial charge in [-0.2, -0.15) is 5.26 Å². The second-order valence-electron chi connectivity index (χ2n) is 8.03. The number of nitrogens with zero attached hydrogens (tertiary/aromatic N) is 4. The van der Waals surface area contributed by atoms with Crippen LogP contribution in [0.3, 0.4) is 0 Å². The van der Waals surface area contributed by atoms with Crippen molar-refractivity contribution in [1.82, 2.24) is 15.0 Å². The van der Waals surface area contributed by atoms with E-state index >= 15 is 0 Å². The Morgan fingerprint density at radius 2 is 1.65 bits per heavy atom. The molecular weight excluding hydrogens is 517 g/mol. The normalized spacial score (nSPS) is 11.6. The van der Waals surface area contributed by atoms with Crippen molar-refractivity contribution in [2.75, 3.05) is 10.6 Å². The molecule has 182 valence electrons. The van der Waals surface area contributed by atoms with Crippen molar-refractivity contribution in [3.63, 3.8) is 0 Å². The molecule has 2 aromatic heterocycles. The van der Waals surface area contributed by atoms with Crippen LogP contribution in [0.15, 0.2) is 79.4 Å². The van der Waals surface area contributed by atoms with E-state index in [1.54, 1.807) is 42.9 Å². The molecule has 0 saturated carbocycles. The second-order valence-corrected chi connectivity index (χ2v) is 8.84. The molecule has 0 amide bonds. The third kappa shape index (κ3) is 5.14. The number of nitriles is 1. The van der Waals surface area contributed by atoms with E-state index in [0.717, 1.165) is 5.56 Å². The summed E-state index contributed by atoms with van der Waals surface area (Å²) in [5.41, 5.74) is 3.57. The fourth-order valence-electron chi connectivity index (χ4n) is 3.89. The van der Waals surface area contributed by atoms with E-state index in [4.69, 9.17) is 23.2 Å². The molecule has 6 nitrogen and oxygen atoms in total. The van der Waals surface area contributed by atoms with Gasteiger partial charge in [0.1, 0.15) is 17.7 Å². The van der Waals surface area contributed by atoms with Gasteiger partial charge in [-0.15, -0.1) is 0 Å². The Bertz CT molecular complexity index is 1640. The highest BCUT2D eigenvalue weighted by Gasteiger charge is 2.19. The number of pyridine rings is 1. The first kappa shape index (κ1) is 24.4. The Morgan fingerprint density at radius 3 is 2.35 bits per heavy atom. The Balaban J connectivity index is 1.62. The molecule has 5 rings (SSSR count). The van der Waals surface area contributed by atoms with Crippen LogP contribution < -0.4 is 10.6 Å². The van der Waals surface area contributed by atoms with Crippen molar-refractivity contribution in [3.05, 3.63) is 118 Å². The van der Waals surface area contributed by atoms with E-state index < -0.39 is 11.9 Å². The maximum absolute atomic E-state index is 13.7. The van der Waals surface area contributed by atoms with Gasteiger partial charge >= 0.3 is 0 Å². The van der Waals surface area contributed by atoms with Gasteiger partial charge in [-0.05, 0) is 48.0 Å². The predicted octanol–water partition coefficient (Wildman–Crippen LogP) is 7.43. The highest BCUT2D eigenvalue weighted by molar-refractivity contribution is 6.36. The van der Waals surface area contributed by atoms with E-state index in [9.17, 15) is 14.0 Å². The topological polar surface area (TPSA) is 86.5 Å². The lowest BCUT2D eigenvalue weighted by molar-refractivity contribution is 0.626. The van der Waals surface area contributed by atoms with Crippen LogP contribution in [0.1, 0.15) is 22.9 Å². The molecule has 1 unspecified atom stereocenters. The van der Waals surface area contributed by atoms with Gasteiger partial charge in [0, 0.05) is 35.4 Å². The molecule has 5 aromatic rings. The number of hydrogen-bond donors (Lipinski definition) is 2. The molecular formula is C27H16Cl2F2N6. The zero-order valence-corrected chi connectivity index (χ0v) is 20.4. The van der Waals surface area contributed by atoms with Gasteiger partial charge in [0.15, 0.2) is 0 Å². The molecule has 0 aliphatic rings. The molecule has 0 radical (unpaired) electrons. The minimum atomic E-state index is -0.558. The molecule has 10 heteroatoms. The average Bonchev–Trinajstić information content (AvgIpc) is 2.91. The molecule has 1 atom stereocenters. The zero-order valence-electron chi connectivity index (χ0n) is 18.9. The summed E-state index contributed by atoms with van der Waals surface area (Å²) in [5.74, 6) is -0.917. The number of rotatable bonds is 6. The van der Waals surface area contributed by atoms with Gasteiger partial charge in [0.25, 0.3) is 0 Å². The third-order valence-corrected chi connectivity index (χ3v) is 6.21. The summed E-state index contributed by atoms with van der Waals surface area (Å²) in [6.07, 6.45) is 6.16. The van der Waals surface area contributed by atoms with Gasteiger partial charge in [-0.1, -0.05) is 35.3 Å². The summed E-state index contributed by atoms with van der Waals surface area (Å²) >= 11 is 12.6. The fraction of sp³-hybridized carbons (Fsp3) is 0.0370. The van der Waals surface area contributed by atoms with Gasteiger partial charge in [-0.3, -0.25) is 15.0 Å². The van der Waals surface area contributed by atoms with Crippen LogP contribution >= 0.6 is 23.2 Å². The van der Waals surface area contributed by atoms with Gasteiger partial charge in [0.2, 0.25) is 0 Å². The summed E-state index contributed by atoms with van der Waals surface area (Å²) in [5, 5.41) is 17.1. The molecule has 0 aliphatic heterocycles. The van der Waals surface area contributed by atoms with E-state index in [-0.39, 0.29) is 16.4 Å². The first-order chi connectivity index (χ1) is 17.9. The minimum absolute atomic E-state index is 0.0617. The number of anilines is 3. The number of hydrogen-bond acceptors (Lipinski definition) is 6. The fourth-order valence-corrected chi connectivity index (χ4v) is 4.34. The minimum Gasteiger partial charge on any atom is -0.373 e. The van der Waals surface area contributed by atoms with E-state index in [0.29, 0.717) is 38.7 Å². The van der Waals surface area contributed by atoms with Gasteiger partial charge in [0.05, 0.1) is 44.7 Å². The molecule has 0 aliphatic carbocycles. The van der Waals surface area contributed by atoms with Crippen molar-refractivity contribution < 1.29 is 8.78 Å². The summed E-state index contributed by atoms with van der Waals surface area (Å²) in [6.45, 7) is 0. The first-order valence-electron chi connectivity index (χ1n) is 11.0. The maximum atomic E-state index is 13.7. The van der Waals surface area contributed by atoms with Crippen LogP contribution in [-0.4, -0.2) is 15.0 Å². The van der Waals surface area contributed by atoms with Crippen molar-refractivity contribution in [2.24, 2.45) is 0 Å². The van der Waals surface area contributed by atoms with Crippen molar-refractivity contribution in [3.8, 4) is 6.07 Å². The van der Waals surface area contributed by atoms with Crippen LogP contribution in [0.25, 0.3) is 10.9 Å². The van der Waals surface area contributed by atoms with Crippen LogP contribution in [-0.2, 0) is 0 Å². The van der Waals surface area contributed by atoms with Crippen LogP contribution in [0.4, 0.5) is 25.8 Å². The first-order valence-corrected chi connectivity index (χ1v) is 11.7. The molecule has 0 saturated heterocycles. The maximum Gasteiger partial charge on any atom is 0.141 e. The van der Waals surface area contributed by atoms with Gasteiger partial charge < -0.3 is 10.6 Å². The predicted molar refractivity (Wildman–Crippen MR) is 140 cm³/mol. The molecule has 37 heavy (non-hydrogen) atoms. The van der Waals surface area contributed by atoms with Crippen LogP contribution in [0.5, 0.6) is 0 Å². The molecule has 2 heterocycles. The average molecular weight is 533 g/mol. The Kier molecular flexibility index (Phi) is 6.82. The van der Waals surface area contributed by atoms with Crippen LogP contribution in [0, 0.1) is 23.0 Å². The number of benzene rings is 3. The second kappa shape index (κ2) is 10.3. The lowest BCUT2D eigenvalue weighted by Crippen LogP contribution is -2.14. The zero-order chi connectivity index (χ0) is 25.9. The lowest BCUT2D eigenvalue weighted by atomic mass is 10.0. The van der Waals surface area contributed by atoms with E-state index in [2.05, 4.69) is 31.7 Å². The summed E-state index contributed by atoms with van der Waals surface area (Å²) in [6, 6.07) is 15.3. The number of aromatic nitrogens is 3. The standard InChI is InChI=1S/C27H16Cl2F2N6/c28-21-10-18(5-6-23(21)31)36-25-16(12-32)13-35-27-20(25)9-19(11-22(27)29)37-26(24-14-33-7-8-34-24)15-1-3-17(30)4-2-15/h1-11,13-14,26,37H,(H,35,36). The van der Waals surface area contributed by atoms with Crippen molar-refractivity contribution >= 4 is 51.2 Å². The number of nitrogens with one attached hydrogen (secondary N) is 2. The SMILES string of the molecule is N#Cc1cnc2c(Cl)cc(NC(c3ccc(F)cc3)c3cnccn3)cc2c1Nc1ccc(F)c(Cl)c1. The Labute approximate surface area is 220 Å². The Morgan fingerprint density at radius 1 is 0.865 bits per heavy atom. The molecule has 0 bridgehead atoms. The Hall–Kier alpha value is -4.32. The van der Waals surface area contributed by atoms with Gasteiger partial charge in [-0.25, -0.2) is 8.78 Å². The van der Waals surface area contributed by atoms with Crippen LogP contribution in [0.2, 0.25) is 10.0 Å². The number of fused-ring (bicyclic) bond motifs is 1. The van der Waals surface area contributed by atoms with E-state index in [1.807, 2.05) is 0 Å². The lowest BCUT2D eigenvalue weighted by Gasteiger charge is -2.21. The summed E-state index contributed by atoms with van der Waals surface area (Å²) in [7, 11) is 0. The monoisotopic (exact) mass is 532 g/mol. The smallest absolute Gasteiger partial charge is 0.141 e. The number of halogens is 4. The quantitative estimate of drug-likeness (QED) is 0.236. The van der Waals surface area contributed by atoms with Crippen molar-refractivity contribution in [1.29, 1.82) is 5.26 Å². The summed E-state index contributed by atoms with van der Waals surface area (Å²) in [4.78, 5) is 12.9. The largest absolute Gasteiger partial charge is 0.373 e. The molecule has 0 spiro atoms. The molecule has 3 aromatic carbocycles. The molecule has 2 N–H and O–H groups in total.